The van der Waals surface area contributed by atoms with Gasteiger partial charge in [0.1, 0.15) is 22.1 Å². The van der Waals surface area contributed by atoms with E-state index in [1.54, 1.807) is 0 Å². The van der Waals surface area contributed by atoms with Crippen molar-refractivity contribution < 1.29 is 17.8 Å². The molecule has 0 bridgehead atoms. The van der Waals surface area contributed by atoms with E-state index in [0.717, 1.165) is 43.7 Å². The maximum Gasteiger partial charge on any atom is 0.310 e. The van der Waals surface area contributed by atoms with Crippen molar-refractivity contribution in [1.82, 2.24) is 4.90 Å². The highest BCUT2D eigenvalue weighted by atomic mass is 32.2. The third-order valence-corrected chi connectivity index (χ3v) is 5.87. The Balaban J connectivity index is 1.90. The van der Waals surface area contributed by atoms with Gasteiger partial charge >= 0.3 is 5.69 Å². The summed E-state index contributed by atoms with van der Waals surface area (Å²) < 4.78 is 29.6. The number of sulfone groups is 1. The molecule has 0 amide bonds. The maximum absolute atomic E-state index is 11.9. The van der Waals surface area contributed by atoms with E-state index < -0.39 is 20.4 Å². The molecule has 1 aliphatic rings. The molecule has 1 atom stereocenters. The van der Waals surface area contributed by atoms with Crippen LogP contribution in [-0.4, -0.2) is 44.1 Å². The van der Waals surface area contributed by atoms with Crippen LogP contribution in [0.5, 0.6) is 0 Å². The first kappa shape index (κ1) is 19.4. The Kier molecular flexibility index (Phi) is 5.52. The molecule has 146 valence electrons. The van der Waals surface area contributed by atoms with E-state index in [4.69, 9.17) is 4.42 Å². The SMILES string of the molecule is Cc1ccc(C(CNc2cccc(S(C)(=O)=O)c2[N+](=O)[O-])N2CCCC2)o1. The van der Waals surface area contributed by atoms with Crippen LogP contribution in [0.4, 0.5) is 11.4 Å². The maximum atomic E-state index is 11.9. The summed E-state index contributed by atoms with van der Waals surface area (Å²) >= 11 is 0. The van der Waals surface area contributed by atoms with Crippen molar-refractivity contribution in [2.24, 2.45) is 0 Å². The first-order chi connectivity index (χ1) is 12.8. The van der Waals surface area contributed by atoms with Gasteiger partial charge in [0, 0.05) is 12.8 Å². The summed E-state index contributed by atoms with van der Waals surface area (Å²) in [7, 11) is -3.71. The summed E-state index contributed by atoms with van der Waals surface area (Å²) in [5, 5.41) is 14.6. The lowest BCUT2D eigenvalue weighted by atomic mass is 10.2. The molecular formula is C18H23N3O5S. The van der Waals surface area contributed by atoms with Gasteiger partial charge in [0.15, 0.2) is 9.84 Å². The Morgan fingerprint density at radius 1 is 1.26 bits per heavy atom. The van der Waals surface area contributed by atoms with Gasteiger partial charge in [0.25, 0.3) is 0 Å². The lowest BCUT2D eigenvalue weighted by Crippen LogP contribution is -2.31. The predicted molar refractivity (Wildman–Crippen MR) is 102 cm³/mol. The van der Waals surface area contributed by atoms with Crippen molar-refractivity contribution in [3.05, 3.63) is 52.0 Å². The van der Waals surface area contributed by atoms with Gasteiger partial charge in [-0.3, -0.25) is 15.0 Å². The minimum atomic E-state index is -3.71. The van der Waals surface area contributed by atoms with Crippen LogP contribution < -0.4 is 5.32 Å². The number of aryl methyl sites for hydroxylation is 1. The van der Waals surface area contributed by atoms with E-state index in [1.165, 1.54) is 18.2 Å². The second-order valence-corrected chi connectivity index (χ2v) is 8.75. The third kappa shape index (κ3) is 4.30. The van der Waals surface area contributed by atoms with E-state index in [0.29, 0.717) is 6.54 Å². The van der Waals surface area contributed by atoms with Crippen molar-refractivity contribution in [1.29, 1.82) is 0 Å². The number of nitrogens with one attached hydrogen (secondary N) is 1. The average molecular weight is 393 g/mol. The molecule has 9 heteroatoms. The normalized spacial score (nSPS) is 16.4. The zero-order valence-electron chi connectivity index (χ0n) is 15.3. The molecule has 1 fully saturated rings. The molecule has 27 heavy (non-hydrogen) atoms. The van der Waals surface area contributed by atoms with Gasteiger partial charge < -0.3 is 9.73 Å². The van der Waals surface area contributed by atoms with Gasteiger partial charge in [-0.1, -0.05) is 6.07 Å². The van der Waals surface area contributed by atoms with Crippen molar-refractivity contribution in [3.8, 4) is 0 Å². The highest BCUT2D eigenvalue weighted by Crippen LogP contribution is 2.33. The number of hydrogen-bond donors (Lipinski definition) is 1. The molecule has 0 saturated carbocycles. The number of nitro groups is 1. The molecule has 3 rings (SSSR count). The fraction of sp³-hybridized carbons (Fsp3) is 0.444. The van der Waals surface area contributed by atoms with Crippen LogP contribution in [0.1, 0.15) is 30.4 Å². The smallest absolute Gasteiger partial charge is 0.310 e. The van der Waals surface area contributed by atoms with Crippen LogP contribution >= 0.6 is 0 Å². The number of furan rings is 1. The summed E-state index contributed by atoms with van der Waals surface area (Å²) in [6.45, 7) is 4.11. The molecule has 2 aromatic rings. The van der Waals surface area contributed by atoms with Crippen LogP contribution in [0.3, 0.4) is 0 Å². The summed E-state index contributed by atoms with van der Waals surface area (Å²) in [6, 6.07) is 8.02. The molecule has 0 radical (unpaired) electrons. The molecule has 1 aromatic carbocycles. The quantitative estimate of drug-likeness (QED) is 0.569. The molecule has 0 aliphatic carbocycles. The van der Waals surface area contributed by atoms with Gasteiger partial charge in [-0.05, 0) is 57.1 Å². The zero-order valence-corrected chi connectivity index (χ0v) is 16.2. The van der Waals surface area contributed by atoms with Gasteiger partial charge in [0.05, 0.1) is 11.0 Å². The van der Waals surface area contributed by atoms with Gasteiger partial charge in [-0.2, -0.15) is 0 Å². The first-order valence-corrected chi connectivity index (χ1v) is 10.7. The minimum Gasteiger partial charge on any atom is -0.465 e. The molecular weight excluding hydrogens is 370 g/mol. The summed E-state index contributed by atoms with van der Waals surface area (Å²) in [5.41, 5.74) is -0.230. The van der Waals surface area contributed by atoms with Crippen molar-refractivity contribution in [3.63, 3.8) is 0 Å². The molecule has 1 saturated heterocycles. The van der Waals surface area contributed by atoms with Gasteiger partial charge in [-0.25, -0.2) is 8.42 Å². The Labute approximate surface area is 158 Å². The average Bonchev–Trinajstić information content (AvgIpc) is 3.26. The van der Waals surface area contributed by atoms with Crippen molar-refractivity contribution in [2.45, 2.75) is 30.7 Å². The molecule has 8 nitrogen and oxygen atoms in total. The third-order valence-electron chi connectivity index (χ3n) is 4.74. The van der Waals surface area contributed by atoms with Crippen molar-refractivity contribution in [2.75, 3.05) is 31.2 Å². The van der Waals surface area contributed by atoms with Crippen LogP contribution in [0, 0.1) is 17.0 Å². The molecule has 1 N–H and O–H groups in total. The molecule has 1 unspecified atom stereocenters. The minimum absolute atomic E-state index is 0.0808. The number of benzene rings is 1. The number of para-hydroxylation sites is 1. The standard InChI is InChI=1S/C18H23N3O5S/c1-13-8-9-16(26-13)15(20-10-3-4-11-20)12-19-14-6-5-7-17(27(2,24)25)18(14)21(22)23/h5-9,15,19H,3-4,10-12H2,1-2H3. The number of hydrogen-bond acceptors (Lipinski definition) is 7. The number of rotatable bonds is 7. The second-order valence-electron chi connectivity index (χ2n) is 6.77. The number of anilines is 1. The van der Waals surface area contributed by atoms with Gasteiger partial charge in [0.2, 0.25) is 0 Å². The monoisotopic (exact) mass is 393 g/mol. The summed E-state index contributed by atoms with van der Waals surface area (Å²) in [6.07, 6.45) is 3.16. The van der Waals surface area contributed by atoms with Gasteiger partial charge in [-0.15, -0.1) is 0 Å². The number of nitrogens with zero attached hydrogens (tertiary/aromatic N) is 2. The Morgan fingerprint density at radius 2 is 1.96 bits per heavy atom. The van der Waals surface area contributed by atoms with Crippen LogP contribution in [0.25, 0.3) is 0 Å². The fourth-order valence-electron chi connectivity index (χ4n) is 3.45. The molecule has 1 aliphatic heterocycles. The molecule has 1 aromatic heterocycles. The number of likely N-dealkylation sites (tertiary alicyclic amines) is 1. The highest BCUT2D eigenvalue weighted by Gasteiger charge is 2.29. The Morgan fingerprint density at radius 3 is 2.52 bits per heavy atom. The lowest BCUT2D eigenvalue weighted by Gasteiger charge is -2.26. The van der Waals surface area contributed by atoms with E-state index in [1.807, 2.05) is 19.1 Å². The number of nitro benzene ring substituents is 1. The highest BCUT2D eigenvalue weighted by molar-refractivity contribution is 7.90. The Hall–Kier alpha value is -2.39. The van der Waals surface area contributed by atoms with Crippen LogP contribution in [-0.2, 0) is 9.84 Å². The topological polar surface area (TPSA) is 106 Å². The zero-order chi connectivity index (χ0) is 19.6. The van der Waals surface area contributed by atoms with Crippen LogP contribution in [0.2, 0.25) is 0 Å². The molecule has 2 heterocycles. The molecule has 0 spiro atoms. The van der Waals surface area contributed by atoms with E-state index in [-0.39, 0.29) is 16.6 Å². The van der Waals surface area contributed by atoms with Crippen molar-refractivity contribution >= 4 is 21.2 Å². The van der Waals surface area contributed by atoms with E-state index in [9.17, 15) is 18.5 Å². The largest absolute Gasteiger partial charge is 0.465 e. The Bertz CT molecular complexity index is 932. The van der Waals surface area contributed by atoms with Crippen LogP contribution in [0.15, 0.2) is 39.6 Å². The van der Waals surface area contributed by atoms with E-state index in [2.05, 4.69) is 10.2 Å². The summed E-state index contributed by atoms with van der Waals surface area (Å²) in [4.78, 5) is 12.9. The second kappa shape index (κ2) is 7.69. The van der Waals surface area contributed by atoms with E-state index >= 15 is 0 Å². The summed E-state index contributed by atoms with van der Waals surface area (Å²) in [5.74, 6) is 1.60. The predicted octanol–water partition coefficient (Wildman–Crippen LogP) is 3.15. The fourth-order valence-corrected chi connectivity index (χ4v) is 4.32. The first-order valence-electron chi connectivity index (χ1n) is 8.79. The lowest BCUT2D eigenvalue weighted by molar-refractivity contribution is -0.386.